The molecule has 2 rings (SSSR count). The van der Waals surface area contributed by atoms with Crippen LogP contribution in [0.2, 0.25) is 0 Å². The van der Waals surface area contributed by atoms with Gasteiger partial charge in [0, 0.05) is 17.4 Å². The first-order valence-electron chi connectivity index (χ1n) is 4.95. The van der Waals surface area contributed by atoms with Crippen LogP contribution in [-0.2, 0) is 0 Å². The first-order valence-corrected chi connectivity index (χ1v) is 4.95. The third-order valence-corrected chi connectivity index (χ3v) is 2.78. The highest BCUT2D eigenvalue weighted by atomic mass is 15.1. The highest BCUT2D eigenvalue weighted by Gasteiger charge is 2.12. The summed E-state index contributed by atoms with van der Waals surface area (Å²) in [6.45, 7) is 3.77. The molecule has 0 amide bonds. The van der Waals surface area contributed by atoms with Crippen molar-refractivity contribution in [2.45, 2.75) is 13.8 Å². The van der Waals surface area contributed by atoms with Crippen molar-refractivity contribution in [1.29, 1.82) is 5.26 Å². The van der Waals surface area contributed by atoms with Crippen molar-refractivity contribution in [1.82, 2.24) is 10.2 Å². The van der Waals surface area contributed by atoms with E-state index in [0.717, 1.165) is 22.4 Å². The molecule has 0 atom stereocenters. The average Bonchev–Trinajstić information content (AvgIpc) is 2.77. The summed E-state index contributed by atoms with van der Waals surface area (Å²) in [7, 11) is 0. The van der Waals surface area contributed by atoms with Crippen LogP contribution >= 0.6 is 0 Å². The Morgan fingerprint density at radius 1 is 1.38 bits per heavy atom. The second-order valence-electron chi connectivity index (χ2n) is 3.71. The minimum Gasteiger partial charge on any atom is -0.398 e. The zero-order valence-electron chi connectivity index (χ0n) is 9.20. The minimum absolute atomic E-state index is 0.625. The number of aromatic amines is 1. The Morgan fingerprint density at radius 3 is 2.69 bits per heavy atom. The van der Waals surface area contributed by atoms with Crippen LogP contribution in [-0.4, -0.2) is 10.2 Å². The molecule has 0 fully saturated rings. The number of aromatic nitrogens is 2. The summed E-state index contributed by atoms with van der Waals surface area (Å²) in [6, 6.07) is 5.91. The van der Waals surface area contributed by atoms with Crippen LogP contribution in [0.1, 0.15) is 16.7 Å². The number of nitrogens with zero attached hydrogens (tertiary/aromatic N) is 2. The second-order valence-corrected chi connectivity index (χ2v) is 3.71. The maximum absolute atomic E-state index is 9.11. The van der Waals surface area contributed by atoms with Crippen molar-refractivity contribution in [2.24, 2.45) is 0 Å². The van der Waals surface area contributed by atoms with Gasteiger partial charge in [-0.1, -0.05) is 0 Å². The number of benzene rings is 1. The van der Waals surface area contributed by atoms with Gasteiger partial charge in [0.2, 0.25) is 0 Å². The lowest BCUT2D eigenvalue weighted by atomic mass is 9.95. The zero-order valence-corrected chi connectivity index (χ0v) is 9.20. The highest BCUT2D eigenvalue weighted by Crippen LogP contribution is 2.29. The Labute approximate surface area is 93.7 Å². The molecule has 4 heteroatoms. The molecule has 3 N–H and O–H groups in total. The van der Waals surface area contributed by atoms with E-state index in [-0.39, 0.29) is 0 Å². The number of nitrogen functional groups attached to an aromatic ring is 1. The number of nitrogens with one attached hydrogen (secondary N) is 1. The Morgan fingerprint density at radius 2 is 2.12 bits per heavy atom. The van der Waals surface area contributed by atoms with Crippen molar-refractivity contribution in [3.63, 3.8) is 0 Å². The summed E-state index contributed by atoms with van der Waals surface area (Å²) in [5, 5.41) is 16.0. The second kappa shape index (κ2) is 3.70. The summed E-state index contributed by atoms with van der Waals surface area (Å²) >= 11 is 0. The summed E-state index contributed by atoms with van der Waals surface area (Å²) in [5.74, 6) is 0. The Balaban J connectivity index is 2.75. The predicted octanol–water partition coefficient (Wildman–Crippen LogP) is 2.15. The maximum Gasteiger partial charge on any atom is 0.0998 e. The van der Waals surface area contributed by atoms with Crippen LogP contribution in [0.4, 0.5) is 5.69 Å². The maximum atomic E-state index is 9.11. The van der Waals surface area contributed by atoms with Crippen molar-refractivity contribution >= 4 is 5.69 Å². The molecule has 0 spiro atoms. The Bertz CT molecular complexity index is 562. The van der Waals surface area contributed by atoms with E-state index >= 15 is 0 Å². The van der Waals surface area contributed by atoms with Crippen LogP contribution in [0.15, 0.2) is 18.3 Å². The molecular weight excluding hydrogens is 200 g/mol. The van der Waals surface area contributed by atoms with Gasteiger partial charge in [-0.05, 0) is 37.1 Å². The number of rotatable bonds is 1. The van der Waals surface area contributed by atoms with E-state index in [2.05, 4.69) is 16.3 Å². The third kappa shape index (κ3) is 1.43. The molecule has 0 radical (unpaired) electrons. The van der Waals surface area contributed by atoms with Gasteiger partial charge in [0.25, 0.3) is 0 Å². The lowest BCUT2D eigenvalue weighted by molar-refractivity contribution is 1.09. The molecule has 2 aromatic rings. The third-order valence-electron chi connectivity index (χ3n) is 2.78. The van der Waals surface area contributed by atoms with Gasteiger partial charge in [-0.25, -0.2) is 0 Å². The molecule has 16 heavy (non-hydrogen) atoms. The minimum atomic E-state index is 0.625. The van der Waals surface area contributed by atoms with Gasteiger partial charge in [0.1, 0.15) is 0 Å². The van der Waals surface area contributed by atoms with Gasteiger partial charge in [0.15, 0.2) is 0 Å². The van der Waals surface area contributed by atoms with Gasteiger partial charge in [0.05, 0.1) is 17.3 Å². The number of hydrogen-bond donors (Lipinski definition) is 2. The fourth-order valence-corrected chi connectivity index (χ4v) is 1.78. The first-order chi connectivity index (χ1) is 7.65. The quantitative estimate of drug-likeness (QED) is 0.711. The fraction of sp³-hybridized carbons (Fsp3) is 0.167. The molecule has 1 heterocycles. The standard InChI is InChI=1S/C12H12N4/c1-7-9(12-3-4-15-16-12)5-11(14)8(2)10(7)6-13/h3-5H,14H2,1-2H3,(H,15,16). The zero-order chi connectivity index (χ0) is 11.7. The lowest BCUT2D eigenvalue weighted by Crippen LogP contribution is -1.98. The molecule has 80 valence electrons. The average molecular weight is 212 g/mol. The Hall–Kier alpha value is -2.28. The first kappa shape index (κ1) is 10.2. The molecule has 0 aliphatic rings. The van der Waals surface area contributed by atoms with E-state index in [4.69, 9.17) is 11.0 Å². The number of H-pyrrole nitrogens is 1. The molecule has 0 bridgehead atoms. The van der Waals surface area contributed by atoms with Crippen molar-refractivity contribution in [3.05, 3.63) is 35.0 Å². The molecule has 0 saturated heterocycles. The topological polar surface area (TPSA) is 78.5 Å². The molecule has 0 aliphatic heterocycles. The van der Waals surface area contributed by atoms with Crippen LogP contribution in [0.25, 0.3) is 11.3 Å². The van der Waals surface area contributed by atoms with E-state index < -0.39 is 0 Å². The van der Waals surface area contributed by atoms with E-state index in [1.165, 1.54) is 0 Å². The van der Waals surface area contributed by atoms with Crippen LogP contribution in [0, 0.1) is 25.2 Å². The molecular formula is C12H12N4. The monoisotopic (exact) mass is 212 g/mol. The SMILES string of the molecule is Cc1c(N)cc(-c2cc[nH]n2)c(C)c1C#N. The van der Waals surface area contributed by atoms with E-state index in [1.54, 1.807) is 6.20 Å². The smallest absolute Gasteiger partial charge is 0.0998 e. The van der Waals surface area contributed by atoms with Gasteiger partial charge in [-0.3, -0.25) is 5.10 Å². The number of anilines is 1. The van der Waals surface area contributed by atoms with Crippen molar-refractivity contribution in [2.75, 3.05) is 5.73 Å². The lowest BCUT2D eigenvalue weighted by Gasteiger charge is -2.10. The van der Waals surface area contributed by atoms with Crippen LogP contribution in [0.5, 0.6) is 0 Å². The fourth-order valence-electron chi connectivity index (χ4n) is 1.78. The van der Waals surface area contributed by atoms with Crippen LogP contribution in [0.3, 0.4) is 0 Å². The summed E-state index contributed by atoms with van der Waals surface area (Å²) in [6.07, 6.45) is 1.75. The number of nitriles is 1. The molecule has 1 aromatic heterocycles. The molecule has 0 aliphatic carbocycles. The van der Waals surface area contributed by atoms with Gasteiger partial charge in [-0.2, -0.15) is 10.4 Å². The normalized spacial score (nSPS) is 10.1. The van der Waals surface area contributed by atoms with Crippen molar-refractivity contribution in [3.8, 4) is 17.3 Å². The van der Waals surface area contributed by atoms with Crippen molar-refractivity contribution < 1.29 is 0 Å². The predicted molar refractivity (Wildman–Crippen MR) is 62.6 cm³/mol. The van der Waals surface area contributed by atoms with E-state index in [0.29, 0.717) is 11.3 Å². The molecule has 0 saturated carbocycles. The van der Waals surface area contributed by atoms with Crippen LogP contribution < -0.4 is 5.73 Å². The van der Waals surface area contributed by atoms with E-state index in [9.17, 15) is 0 Å². The number of hydrogen-bond acceptors (Lipinski definition) is 3. The molecule has 4 nitrogen and oxygen atoms in total. The largest absolute Gasteiger partial charge is 0.398 e. The summed E-state index contributed by atoms with van der Waals surface area (Å²) in [4.78, 5) is 0. The summed E-state index contributed by atoms with van der Waals surface area (Å²) < 4.78 is 0. The van der Waals surface area contributed by atoms with E-state index in [1.807, 2.05) is 26.0 Å². The summed E-state index contributed by atoms with van der Waals surface area (Å²) in [5.41, 5.74) is 10.6. The Kier molecular flexibility index (Phi) is 2.37. The molecule has 0 unspecified atom stereocenters. The van der Waals surface area contributed by atoms with Gasteiger partial charge < -0.3 is 5.73 Å². The number of nitrogens with two attached hydrogens (primary N) is 1. The van der Waals surface area contributed by atoms with Gasteiger partial charge in [-0.15, -0.1) is 0 Å². The van der Waals surface area contributed by atoms with Gasteiger partial charge >= 0.3 is 0 Å². The highest BCUT2D eigenvalue weighted by molar-refractivity contribution is 5.74. The molecule has 1 aromatic carbocycles.